The standard InChI is InChI=1S/C12H22N6O2/c1-2-19-12-16-10(15-11(17-12)18-13)14-7-6-9-5-3-4-8-20-9/h9H,2-8,13H2,1H3,(H2,14,15,16,17,18). The minimum absolute atomic E-state index is 0.256. The van der Waals surface area contributed by atoms with Gasteiger partial charge in [-0.3, -0.25) is 5.43 Å². The van der Waals surface area contributed by atoms with Crippen molar-refractivity contribution in [2.75, 3.05) is 30.5 Å². The van der Waals surface area contributed by atoms with Gasteiger partial charge in [-0.05, 0) is 32.6 Å². The Balaban J connectivity index is 1.85. The molecule has 8 nitrogen and oxygen atoms in total. The Morgan fingerprint density at radius 1 is 1.30 bits per heavy atom. The van der Waals surface area contributed by atoms with Gasteiger partial charge in [0, 0.05) is 13.2 Å². The molecule has 1 unspecified atom stereocenters. The molecular formula is C12H22N6O2. The molecule has 0 saturated carbocycles. The van der Waals surface area contributed by atoms with Crippen molar-refractivity contribution in [2.45, 2.75) is 38.7 Å². The molecule has 1 saturated heterocycles. The summed E-state index contributed by atoms with van der Waals surface area (Å²) >= 11 is 0. The Bertz CT molecular complexity index is 411. The third-order valence-electron chi connectivity index (χ3n) is 3.04. The highest BCUT2D eigenvalue weighted by Gasteiger charge is 2.13. The van der Waals surface area contributed by atoms with Gasteiger partial charge in [0.1, 0.15) is 0 Å². The van der Waals surface area contributed by atoms with E-state index in [1.165, 1.54) is 12.8 Å². The number of nitrogens with one attached hydrogen (secondary N) is 2. The summed E-state index contributed by atoms with van der Waals surface area (Å²) in [7, 11) is 0. The maximum atomic E-state index is 5.67. The molecule has 0 aliphatic carbocycles. The van der Waals surface area contributed by atoms with E-state index in [2.05, 4.69) is 25.7 Å². The summed E-state index contributed by atoms with van der Waals surface area (Å²) in [6.45, 7) is 3.96. The third kappa shape index (κ3) is 4.46. The highest BCUT2D eigenvalue weighted by molar-refractivity contribution is 5.34. The van der Waals surface area contributed by atoms with Crippen LogP contribution >= 0.6 is 0 Å². The highest BCUT2D eigenvalue weighted by atomic mass is 16.5. The van der Waals surface area contributed by atoms with Crippen LogP contribution in [0.3, 0.4) is 0 Å². The zero-order valence-corrected chi connectivity index (χ0v) is 11.8. The smallest absolute Gasteiger partial charge is 0.323 e. The molecule has 0 spiro atoms. The lowest BCUT2D eigenvalue weighted by molar-refractivity contribution is 0.0134. The summed E-state index contributed by atoms with van der Waals surface area (Å²) < 4.78 is 10.9. The van der Waals surface area contributed by atoms with E-state index < -0.39 is 0 Å². The molecule has 1 atom stereocenters. The normalized spacial score (nSPS) is 18.6. The minimum atomic E-state index is 0.256. The van der Waals surface area contributed by atoms with Crippen LogP contribution in [0.4, 0.5) is 11.9 Å². The highest BCUT2D eigenvalue weighted by Crippen LogP contribution is 2.16. The van der Waals surface area contributed by atoms with E-state index >= 15 is 0 Å². The number of anilines is 2. The number of ether oxygens (including phenoxy) is 2. The van der Waals surface area contributed by atoms with Crippen LogP contribution in [0.5, 0.6) is 6.01 Å². The molecule has 0 amide bonds. The van der Waals surface area contributed by atoms with Crippen LogP contribution in [0.1, 0.15) is 32.6 Å². The summed E-state index contributed by atoms with van der Waals surface area (Å²) in [5.74, 6) is 6.05. The number of hydrazine groups is 1. The average Bonchev–Trinajstić information content (AvgIpc) is 2.48. The van der Waals surface area contributed by atoms with Crippen LogP contribution in [0.25, 0.3) is 0 Å². The van der Waals surface area contributed by atoms with Crippen LogP contribution in [0.2, 0.25) is 0 Å². The van der Waals surface area contributed by atoms with E-state index in [-0.39, 0.29) is 12.0 Å². The van der Waals surface area contributed by atoms with Gasteiger partial charge >= 0.3 is 6.01 Å². The second-order valence-electron chi connectivity index (χ2n) is 4.55. The van der Waals surface area contributed by atoms with Gasteiger partial charge in [0.15, 0.2) is 0 Å². The van der Waals surface area contributed by atoms with Crippen molar-refractivity contribution in [3.05, 3.63) is 0 Å². The molecule has 2 heterocycles. The van der Waals surface area contributed by atoms with E-state index in [0.717, 1.165) is 26.0 Å². The fourth-order valence-corrected chi connectivity index (χ4v) is 2.07. The predicted molar refractivity (Wildman–Crippen MR) is 75.5 cm³/mol. The molecule has 8 heteroatoms. The number of nitrogens with two attached hydrogens (primary N) is 1. The number of aromatic nitrogens is 3. The van der Waals surface area contributed by atoms with Crippen molar-refractivity contribution in [3.8, 4) is 6.01 Å². The van der Waals surface area contributed by atoms with E-state index in [0.29, 0.717) is 18.7 Å². The first kappa shape index (κ1) is 14.7. The van der Waals surface area contributed by atoms with Crippen LogP contribution in [-0.2, 0) is 4.74 Å². The fraction of sp³-hybridized carbons (Fsp3) is 0.750. The lowest BCUT2D eigenvalue weighted by atomic mass is 10.1. The molecule has 112 valence electrons. The lowest BCUT2D eigenvalue weighted by Crippen LogP contribution is -2.22. The molecule has 1 fully saturated rings. The quantitative estimate of drug-likeness (QED) is 0.501. The summed E-state index contributed by atoms with van der Waals surface area (Å²) in [6.07, 6.45) is 4.79. The first-order valence-corrected chi connectivity index (χ1v) is 7.02. The van der Waals surface area contributed by atoms with Crippen molar-refractivity contribution < 1.29 is 9.47 Å². The summed E-state index contributed by atoms with van der Waals surface area (Å²) in [6, 6.07) is 0.256. The van der Waals surface area contributed by atoms with Gasteiger partial charge < -0.3 is 14.8 Å². The molecule has 20 heavy (non-hydrogen) atoms. The topological polar surface area (TPSA) is 107 Å². The first-order valence-electron chi connectivity index (χ1n) is 7.02. The Labute approximate surface area is 118 Å². The number of nitrogen functional groups attached to an aromatic ring is 1. The third-order valence-corrected chi connectivity index (χ3v) is 3.04. The second kappa shape index (κ2) is 7.81. The summed E-state index contributed by atoms with van der Waals surface area (Å²) in [4.78, 5) is 12.3. The molecular weight excluding hydrogens is 260 g/mol. The molecule has 1 aliphatic rings. The van der Waals surface area contributed by atoms with Crippen LogP contribution in [0.15, 0.2) is 0 Å². The fourth-order valence-electron chi connectivity index (χ4n) is 2.07. The van der Waals surface area contributed by atoms with E-state index in [9.17, 15) is 0 Å². The average molecular weight is 282 g/mol. The number of rotatable bonds is 7. The number of hydrogen-bond donors (Lipinski definition) is 3. The van der Waals surface area contributed by atoms with E-state index in [1.54, 1.807) is 0 Å². The molecule has 0 aromatic carbocycles. The maximum absolute atomic E-state index is 5.67. The minimum Gasteiger partial charge on any atom is -0.464 e. The molecule has 1 aromatic heterocycles. The molecule has 1 aromatic rings. The predicted octanol–water partition coefficient (Wildman–Crippen LogP) is 0.927. The van der Waals surface area contributed by atoms with E-state index in [1.807, 2.05) is 6.92 Å². The van der Waals surface area contributed by atoms with Gasteiger partial charge in [-0.25, -0.2) is 5.84 Å². The molecule has 2 rings (SSSR count). The zero-order chi connectivity index (χ0) is 14.2. The maximum Gasteiger partial charge on any atom is 0.323 e. The molecule has 0 radical (unpaired) electrons. The van der Waals surface area contributed by atoms with E-state index in [4.69, 9.17) is 15.3 Å². The van der Waals surface area contributed by atoms with Crippen molar-refractivity contribution in [3.63, 3.8) is 0 Å². The van der Waals surface area contributed by atoms with Gasteiger partial charge in [-0.1, -0.05) is 0 Å². The van der Waals surface area contributed by atoms with Crippen LogP contribution in [0, 0.1) is 0 Å². The van der Waals surface area contributed by atoms with Crippen molar-refractivity contribution in [1.29, 1.82) is 0 Å². The van der Waals surface area contributed by atoms with Crippen LogP contribution in [-0.4, -0.2) is 40.8 Å². The zero-order valence-electron chi connectivity index (χ0n) is 11.8. The molecule has 4 N–H and O–H groups in total. The second-order valence-corrected chi connectivity index (χ2v) is 4.55. The van der Waals surface area contributed by atoms with Gasteiger partial charge in [0.05, 0.1) is 12.7 Å². The van der Waals surface area contributed by atoms with Crippen molar-refractivity contribution in [1.82, 2.24) is 15.0 Å². The Morgan fingerprint density at radius 2 is 2.15 bits per heavy atom. The largest absolute Gasteiger partial charge is 0.464 e. The van der Waals surface area contributed by atoms with Gasteiger partial charge in [0.25, 0.3) is 0 Å². The Hall–Kier alpha value is -1.67. The summed E-state index contributed by atoms with van der Waals surface area (Å²) in [5, 5.41) is 3.15. The summed E-state index contributed by atoms with van der Waals surface area (Å²) in [5.41, 5.74) is 2.40. The SMILES string of the molecule is CCOc1nc(NN)nc(NCCC2CCCCO2)n1. The van der Waals surface area contributed by atoms with Gasteiger partial charge in [-0.2, -0.15) is 15.0 Å². The molecule has 0 bridgehead atoms. The lowest BCUT2D eigenvalue weighted by Gasteiger charge is -2.22. The number of hydrogen-bond acceptors (Lipinski definition) is 8. The first-order chi connectivity index (χ1) is 9.81. The molecule has 1 aliphatic heterocycles. The van der Waals surface area contributed by atoms with Gasteiger partial charge in [0.2, 0.25) is 11.9 Å². The van der Waals surface area contributed by atoms with Crippen molar-refractivity contribution in [2.24, 2.45) is 5.84 Å². The number of nitrogens with zero attached hydrogens (tertiary/aromatic N) is 3. The Kier molecular flexibility index (Phi) is 5.75. The monoisotopic (exact) mass is 282 g/mol. The Morgan fingerprint density at radius 3 is 2.85 bits per heavy atom. The van der Waals surface area contributed by atoms with Crippen molar-refractivity contribution >= 4 is 11.9 Å². The van der Waals surface area contributed by atoms with Crippen LogP contribution < -0.4 is 21.3 Å². The van der Waals surface area contributed by atoms with Gasteiger partial charge in [-0.15, -0.1) is 0 Å².